The molecule has 102 valence electrons. The number of aryl methyl sites for hydroxylation is 1. The fraction of sp³-hybridized carbons (Fsp3) is 0.0714. The van der Waals surface area contributed by atoms with E-state index in [1.165, 1.54) is 12.1 Å². The molecular weight excluding hydrogens is 282 g/mol. The first-order valence-corrected chi connectivity index (χ1v) is 6.08. The summed E-state index contributed by atoms with van der Waals surface area (Å²) in [4.78, 5) is 22.1. The van der Waals surface area contributed by atoms with Crippen LogP contribution in [0.2, 0.25) is 5.02 Å². The monoisotopic (exact) mass is 291 g/mol. The van der Waals surface area contributed by atoms with Crippen molar-refractivity contribution in [3.05, 3.63) is 68.7 Å². The molecule has 0 aliphatic rings. The molecule has 0 aromatic heterocycles. The number of carbonyl (C=O) groups is 1. The molecule has 0 heterocycles. The van der Waals surface area contributed by atoms with Gasteiger partial charge in [-0.1, -0.05) is 29.8 Å². The van der Waals surface area contributed by atoms with Crippen molar-refractivity contribution in [2.45, 2.75) is 6.92 Å². The summed E-state index contributed by atoms with van der Waals surface area (Å²) < 4.78 is 5.20. The first-order chi connectivity index (χ1) is 9.49. The highest BCUT2D eigenvalue weighted by Gasteiger charge is 2.17. The van der Waals surface area contributed by atoms with Crippen molar-refractivity contribution in [1.82, 2.24) is 0 Å². The van der Waals surface area contributed by atoms with Crippen molar-refractivity contribution in [2.75, 3.05) is 0 Å². The molecule has 6 heteroatoms. The van der Waals surface area contributed by atoms with E-state index in [-0.39, 0.29) is 16.3 Å². The number of hydrogen-bond donors (Lipinski definition) is 0. The highest BCUT2D eigenvalue weighted by Crippen LogP contribution is 2.26. The predicted octanol–water partition coefficient (Wildman–Crippen LogP) is 3.78. The Morgan fingerprint density at radius 1 is 1.25 bits per heavy atom. The molecule has 0 aliphatic carbocycles. The van der Waals surface area contributed by atoms with Crippen LogP contribution in [0.25, 0.3) is 0 Å². The van der Waals surface area contributed by atoms with Crippen molar-refractivity contribution < 1.29 is 14.5 Å². The fourth-order valence-corrected chi connectivity index (χ4v) is 1.80. The molecule has 0 atom stereocenters. The maximum absolute atomic E-state index is 12.0. The maximum atomic E-state index is 12.0. The van der Waals surface area contributed by atoms with Gasteiger partial charge in [-0.3, -0.25) is 10.1 Å². The number of nitro benzene ring substituents is 1. The van der Waals surface area contributed by atoms with Gasteiger partial charge in [0.1, 0.15) is 10.8 Å². The lowest BCUT2D eigenvalue weighted by Gasteiger charge is -2.07. The summed E-state index contributed by atoms with van der Waals surface area (Å²) in [6.45, 7) is 1.80. The number of benzene rings is 2. The molecule has 0 bridgehead atoms. The van der Waals surface area contributed by atoms with E-state index in [0.29, 0.717) is 5.75 Å². The number of para-hydroxylation sites is 1. The first kappa shape index (κ1) is 14.0. The zero-order chi connectivity index (χ0) is 14.7. The van der Waals surface area contributed by atoms with Gasteiger partial charge < -0.3 is 4.74 Å². The van der Waals surface area contributed by atoms with Gasteiger partial charge >= 0.3 is 5.97 Å². The van der Waals surface area contributed by atoms with E-state index >= 15 is 0 Å². The first-order valence-electron chi connectivity index (χ1n) is 5.71. The summed E-state index contributed by atoms with van der Waals surface area (Å²) in [5, 5.41) is 10.8. The Hall–Kier alpha value is -2.40. The number of nitrogens with zero attached hydrogens (tertiary/aromatic N) is 1. The van der Waals surface area contributed by atoms with E-state index in [1.807, 2.05) is 6.07 Å². The number of halogens is 1. The number of carbonyl (C=O) groups excluding carboxylic acids is 1. The third kappa shape index (κ3) is 2.95. The molecule has 0 amide bonds. The zero-order valence-corrected chi connectivity index (χ0v) is 11.3. The average Bonchev–Trinajstić information content (AvgIpc) is 2.41. The maximum Gasteiger partial charge on any atom is 0.343 e. The largest absolute Gasteiger partial charge is 0.423 e. The average molecular weight is 292 g/mol. The summed E-state index contributed by atoms with van der Waals surface area (Å²) >= 11 is 5.69. The molecule has 5 nitrogen and oxygen atoms in total. The zero-order valence-electron chi connectivity index (χ0n) is 10.5. The molecule has 2 aromatic carbocycles. The van der Waals surface area contributed by atoms with Crippen molar-refractivity contribution in [3.63, 3.8) is 0 Å². The minimum Gasteiger partial charge on any atom is -0.423 e. The van der Waals surface area contributed by atoms with Gasteiger partial charge in [0.05, 0.1) is 10.5 Å². The van der Waals surface area contributed by atoms with Crippen LogP contribution in [0.1, 0.15) is 15.9 Å². The fourth-order valence-electron chi connectivity index (χ4n) is 1.61. The summed E-state index contributed by atoms with van der Waals surface area (Å²) in [5.41, 5.74) is 0.541. The highest BCUT2D eigenvalue weighted by molar-refractivity contribution is 6.32. The summed E-state index contributed by atoms with van der Waals surface area (Å²) in [5.74, 6) is -0.255. The summed E-state index contributed by atoms with van der Waals surface area (Å²) in [6, 6.07) is 10.8. The molecule has 0 saturated carbocycles. The normalized spacial score (nSPS) is 10.1. The van der Waals surface area contributed by atoms with E-state index in [0.717, 1.165) is 11.6 Å². The quantitative estimate of drug-likeness (QED) is 0.373. The predicted molar refractivity (Wildman–Crippen MR) is 74.2 cm³/mol. The van der Waals surface area contributed by atoms with Crippen LogP contribution in [0, 0.1) is 17.0 Å². The summed E-state index contributed by atoms with van der Waals surface area (Å²) in [7, 11) is 0. The van der Waals surface area contributed by atoms with Gasteiger partial charge in [0.15, 0.2) is 0 Å². The van der Waals surface area contributed by atoms with Gasteiger partial charge in [-0.15, -0.1) is 0 Å². The van der Waals surface area contributed by atoms with Crippen LogP contribution in [0.5, 0.6) is 5.75 Å². The minimum atomic E-state index is -0.668. The van der Waals surface area contributed by atoms with E-state index < -0.39 is 10.9 Å². The highest BCUT2D eigenvalue weighted by atomic mass is 35.5. The van der Waals surface area contributed by atoms with Crippen LogP contribution < -0.4 is 4.74 Å². The van der Waals surface area contributed by atoms with E-state index in [9.17, 15) is 14.9 Å². The van der Waals surface area contributed by atoms with Gasteiger partial charge in [0.2, 0.25) is 0 Å². The minimum absolute atomic E-state index is 0.0255. The second-order valence-electron chi connectivity index (χ2n) is 4.08. The number of esters is 1. The molecule has 0 aliphatic heterocycles. The molecule has 2 rings (SSSR count). The number of hydrogen-bond acceptors (Lipinski definition) is 4. The molecule has 0 saturated heterocycles. The molecule has 2 aromatic rings. The third-order valence-electron chi connectivity index (χ3n) is 2.67. The third-order valence-corrected chi connectivity index (χ3v) is 2.99. The van der Waals surface area contributed by atoms with Crippen LogP contribution in [0.4, 0.5) is 5.69 Å². The number of ether oxygens (including phenoxy) is 1. The molecular formula is C14H10ClNO4. The van der Waals surface area contributed by atoms with Crippen molar-refractivity contribution in [2.24, 2.45) is 0 Å². The lowest BCUT2D eigenvalue weighted by Crippen LogP contribution is -2.09. The van der Waals surface area contributed by atoms with Crippen LogP contribution in [0.3, 0.4) is 0 Å². The Bertz CT molecular complexity index is 685. The molecule has 0 radical (unpaired) electrons. The Morgan fingerprint density at radius 2 is 1.95 bits per heavy atom. The van der Waals surface area contributed by atoms with Gasteiger partial charge in [-0.2, -0.15) is 0 Å². The SMILES string of the molecule is Cc1ccccc1OC(=O)c1ccc(Cl)c([N+](=O)[O-])c1. The summed E-state index contributed by atoms with van der Waals surface area (Å²) in [6.07, 6.45) is 0. The molecule has 0 spiro atoms. The molecule has 0 fully saturated rings. The Labute approximate surface area is 119 Å². The smallest absolute Gasteiger partial charge is 0.343 e. The molecule has 20 heavy (non-hydrogen) atoms. The van der Waals surface area contributed by atoms with Gasteiger partial charge in [-0.05, 0) is 30.7 Å². The standard InChI is InChI=1S/C14H10ClNO4/c1-9-4-2-3-5-13(9)20-14(17)10-6-7-11(15)12(8-10)16(18)19/h2-8H,1H3. The van der Waals surface area contributed by atoms with Gasteiger partial charge in [0, 0.05) is 6.07 Å². The molecule has 0 unspecified atom stereocenters. The Morgan fingerprint density at radius 3 is 2.60 bits per heavy atom. The Kier molecular flexibility index (Phi) is 4.00. The second kappa shape index (κ2) is 5.71. The van der Waals surface area contributed by atoms with Crippen LogP contribution in [-0.4, -0.2) is 10.9 Å². The number of rotatable bonds is 3. The Balaban J connectivity index is 2.28. The van der Waals surface area contributed by atoms with E-state index in [1.54, 1.807) is 25.1 Å². The van der Waals surface area contributed by atoms with E-state index in [2.05, 4.69) is 0 Å². The van der Waals surface area contributed by atoms with Gasteiger partial charge in [-0.25, -0.2) is 4.79 Å². The lowest BCUT2D eigenvalue weighted by molar-refractivity contribution is -0.384. The van der Waals surface area contributed by atoms with Crippen LogP contribution >= 0.6 is 11.6 Å². The van der Waals surface area contributed by atoms with Crippen LogP contribution in [0.15, 0.2) is 42.5 Å². The van der Waals surface area contributed by atoms with Gasteiger partial charge in [0.25, 0.3) is 5.69 Å². The second-order valence-corrected chi connectivity index (χ2v) is 4.49. The number of nitro groups is 1. The topological polar surface area (TPSA) is 69.4 Å². The lowest BCUT2D eigenvalue weighted by atomic mass is 10.2. The van der Waals surface area contributed by atoms with Crippen molar-refractivity contribution in [3.8, 4) is 5.75 Å². The molecule has 0 N–H and O–H groups in total. The van der Waals surface area contributed by atoms with Crippen LogP contribution in [-0.2, 0) is 0 Å². The van der Waals surface area contributed by atoms with Crippen molar-refractivity contribution >= 4 is 23.3 Å². The van der Waals surface area contributed by atoms with Crippen molar-refractivity contribution in [1.29, 1.82) is 0 Å². The van der Waals surface area contributed by atoms with E-state index in [4.69, 9.17) is 16.3 Å².